The van der Waals surface area contributed by atoms with E-state index in [1.54, 1.807) is 0 Å². The molecular weight excluding hydrogens is 466 g/mol. The van der Waals surface area contributed by atoms with Gasteiger partial charge >= 0.3 is 5.97 Å². The Morgan fingerprint density at radius 1 is 1.11 bits per heavy atom. The predicted octanol–water partition coefficient (Wildman–Crippen LogP) is -4.75. The molecule has 0 saturated carbocycles. The maximum absolute atomic E-state index is 12.9. The predicted molar refractivity (Wildman–Crippen MR) is 122 cm³/mol. The summed E-state index contributed by atoms with van der Waals surface area (Å²) in [6.45, 7) is 0.697. The van der Waals surface area contributed by atoms with E-state index in [4.69, 9.17) is 22.3 Å². The summed E-state index contributed by atoms with van der Waals surface area (Å²) >= 11 is 0. The van der Waals surface area contributed by atoms with E-state index in [9.17, 15) is 29.4 Å². The molecule has 0 fully saturated rings. The summed E-state index contributed by atoms with van der Waals surface area (Å²) in [5, 5.41) is 35.4. The molecule has 0 bridgehead atoms. The van der Waals surface area contributed by atoms with E-state index in [0.717, 1.165) is 0 Å². The topological polar surface area (TPSA) is 284 Å². The lowest BCUT2D eigenvalue weighted by Crippen LogP contribution is -2.60. The van der Waals surface area contributed by atoms with Crippen LogP contribution in [0.1, 0.15) is 25.5 Å². The third-order valence-corrected chi connectivity index (χ3v) is 4.77. The number of carboxylic acids is 1. The van der Waals surface area contributed by atoms with Crippen LogP contribution < -0.4 is 33.2 Å². The molecule has 3 amide bonds. The number of carbonyl (C=O) groups is 4. The molecule has 16 heteroatoms. The molecule has 1 aromatic heterocycles. The molecule has 0 radical (unpaired) electrons. The number of hydrogen-bond donors (Lipinski definition) is 10. The van der Waals surface area contributed by atoms with E-state index in [2.05, 4.69) is 30.9 Å². The van der Waals surface area contributed by atoms with Gasteiger partial charge in [-0.15, -0.1) is 0 Å². The molecular formula is C19H33N9O7. The van der Waals surface area contributed by atoms with Crippen LogP contribution in [0.5, 0.6) is 0 Å². The van der Waals surface area contributed by atoms with E-state index in [1.807, 2.05) is 0 Å². The van der Waals surface area contributed by atoms with Gasteiger partial charge in [0.1, 0.15) is 24.2 Å². The molecule has 16 nitrogen and oxygen atoms in total. The molecule has 5 unspecified atom stereocenters. The largest absolute Gasteiger partial charge is 0.480 e. The highest BCUT2D eigenvalue weighted by molar-refractivity contribution is 5.94. The van der Waals surface area contributed by atoms with E-state index < -0.39 is 60.6 Å². The first kappa shape index (κ1) is 29.3. The Kier molecular flexibility index (Phi) is 12.1. The van der Waals surface area contributed by atoms with Crippen LogP contribution in [-0.2, 0) is 25.6 Å². The maximum atomic E-state index is 12.9. The Morgan fingerprint density at radius 3 is 2.29 bits per heavy atom. The van der Waals surface area contributed by atoms with Crippen molar-refractivity contribution < 1.29 is 34.5 Å². The molecule has 1 heterocycles. The standard InChI is InChI=1S/C19H33N9O7/c1-9(30)14(28-15(31)11(20)7-29)17(33)27-13(5-10-6-23-8-25-10)16(32)26-12(18(34)35)3-2-4-24-19(21)22/h6,8-9,11-14,29-30H,2-5,7,20H2,1H3,(H,23,25)(H,26,32)(H,27,33)(H,28,31)(H,34,35)(H4,21,22,24). The van der Waals surface area contributed by atoms with Gasteiger partial charge in [-0.3, -0.25) is 19.4 Å². The summed E-state index contributed by atoms with van der Waals surface area (Å²) in [7, 11) is 0. The van der Waals surface area contributed by atoms with Crippen molar-refractivity contribution in [1.29, 1.82) is 0 Å². The zero-order chi connectivity index (χ0) is 26.5. The van der Waals surface area contributed by atoms with Gasteiger partial charge in [-0.25, -0.2) is 9.78 Å². The summed E-state index contributed by atoms with van der Waals surface area (Å²) < 4.78 is 0. The fraction of sp³-hybridized carbons (Fsp3) is 0.579. The van der Waals surface area contributed by atoms with Crippen molar-refractivity contribution in [3.63, 3.8) is 0 Å². The molecule has 0 spiro atoms. The number of carboxylic acid groups (broad SMARTS) is 1. The minimum absolute atomic E-state index is 0.00792. The minimum Gasteiger partial charge on any atom is -0.480 e. The Hall–Kier alpha value is -3.76. The summed E-state index contributed by atoms with van der Waals surface area (Å²) in [6.07, 6.45) is 1.54. The van der Waals surface area contributed by atoms with Crippen LogP contribution in [0, 0.1) is 0 Å². The summed E-state index contributed by atoms with van der Waals surface area (Å²) in [4.78, 5) is 59.7. The van der Waals surface area contributed by atoms with Gasteiger partial charge < -0.3 is 53.5 Å². The number of aromatic nitrogens is 2. The zero-order valence-electron chi connectivity index (χ0n) is 19.2. The quantitative estimate of drug-likeness (QED) is 0.0620. The molecule has 13 N–H and O–H groups in total. The number of aliphatic imine (C=N–C) groups is 1. The Morgan fingerprint density at radius 2 is 1.77 bits per heavy atom. The Labute approximate surface area is 200 Å². The lowest BCUT2D eigenvalue weighted by molar-refractivity contribution is -0.142. The van der Waals surface area contributed by atoms with Crippen molar-refractivity contribution in [2.24, 2.45) is 22.2 Å². The molecule has 196 valence electrons. The summed E-state index contributed by atoms with van der Waals surface area (Å²) in [5.41, 5.74) is 16.3. The first-order valence-electron chi connectivity index (χ1n) is 10.7. The smallest absolute Gasteiger partial charge is 0.326 e. The lowest BCUT2D eigenvalue weighted by atomic mass is 10.1. The number of hydrogen-bond acceptors (Lipinski definition) is 9. The van der Waals surface area contributed by atoms with Gasteiger partial charge in [0, 0.05) is 24.9 Å². The molecule has 0 saturated heterocycles. The van der Waals surface area contributed by atoms with E-state index in [1.165, 1.54) is 19.4 Å². The second-order valence-electron chi connectivity index (χ2n) is 7.71. The summed E-state index contributed by atoms with van der Waals surface area (Å²) in [5.74, 6) is -4.11. The van der Waals surface area contributed by atoms with Gasteiger partial charge in [-0.1, -0.05) is 0 Å². The second kappa shape index (κ2) is 14.5. The lowest BCUT2D eigenvalue weighted by Gasteiger charge is -2.26. The van der Waals surface area contributed by atoms with Crippen LogP contribution in [0.4, 0.5) is 0 Å². The maximum Gasteiger partial charge on any atom is 0.326 e. The Bertz CT molecular complexity index is 872. The van der Waals surface area contributed by atoms with Crippen molar-refractivity contribution in [3.05, 3.63) is 18.2 Å². The number of aliphatic hydroxyl groups excluding tert-OH is 2. The van der Waals surface area contributed by atoms with Gasteiger partial charge in [0.05, 0.1) is 19.0 Å². The van der Waals surface area contributed by atoms with Gasteiger partial charge in [0.2, 0.25) is 17.7 Å². The van der Waals surface area contributed by atoms with Crippen LogP contribution in [0.15, 0.2) is 17.5 Å². The van der Waals surface area contributed by atoms with Crippen molar-refractivity contribution in [2.45, 2.75) is 56.5 Å². The number of imidazole rings is 1. The van der Waals surface area contributed by atoms with Crippen LogP contribution in [0.2, 0.25) is 0 Å². The van der Waals surface area contributed by atoms with Gasteiger partial charge in [0.15, 0.2) is 5.96 Å². The highest BCUT2D eigenvalue weighted by Gasteiger charge is 2.32. The van der Waals surface area contributed by atoms with Gasteiger partial charge in [-0.2, -0.15) is 0 Å². The number of guanidine groups is 1. The van der Waals surface area contributed by atoms with E-state index >= 15 is 0 Å². The van der Waals surface area contributed by atoms with E-state index in [0.29, 0.717) is 5.69 Å². The van der Waals surface area contributed by atoms with Crippen molar-refractivity contribution in [1.82, 2.24) is 25.9 Å². The monoisotopic (exact) mass is 499 g/mol. The first-order valence-corrected chi connectivity index (χ1v) is 10.7. The van der Waals surface area contributed by atoms with Gasteiger partial charge in [-0.05, 0) is 19.8 Å². The van der Waals surface area contributed by atoms with Crippen LogP contribution in [0.25, 0.3) is 0 Å². The van der Waals surface area contributed by atoms with Crippen molar-refractivity contribution in [2.75, 3.05) is 13.2 Å². The SMILES string of the molecule is CC(O)C(NC(=O)C(N)CO)C(=O)NC(Cc1cnc[nH]1)C(=O)NC(CCCN=C(N)N)C(=O)O. The number of aliphatic carboxylic acids is 1. The normalized spacial score (nSPS) is 15.1. The average molecular weight is 500 g/mol. The van der Waals surface area contributed by atoms with Crippen LogP contribution in [0.3, 0.4) is 0 Å². The third kappa shape index (κ3) is 10.4. The zero-order valence-corrected chi connectivity index (χ0v) is 19.2. The molecule has 0 aliphatic carbocycles. The van der Waals surface area contributed by atoms with Crippen LogP contribution in [-0.4, -0.2) is 98.4 Å². The second-order valence-corrected chi connectivity index (χ2v) is 7.71. The number of nitrogens with two attached hydrogens (primary N) is 3. The number of carbonyl (C=O) groups excluding carboxylic acids is 3. The summed E-state index contributed by atoms with van der Waals surface area (Å²) in [6, 6.07) is -5.43. The van der Waals surface area contributed by atoms with Crippen molar-refractivity contribution >= 4 is 29.7 Å². The minimum atomic E-state index is -1.51. The van der Waals surface area contributed by atoms with Crippen molar-refractivity contribution in [3.8, 4) is 0 Å². The average Bonchev–Trinajstić information content (AvgIpc) is 3.30. The molecule has 0 aliphatic heterocycles. The van der Waals surface area contributed by atoms with Gasteiger partial charge in [0.25, 0.3) is 0 Å². The number of aliphatic hydroxyl groups is 2. The van der Waals surface area contributed by atoms with Crippen LogP contribution >= 0.6 is 0 Å². The number of aromatic amines is 1. The number of nitrogens with zero attached hydrogens (tertiary/aromatic N) is 2. The number of amides is 3. The fourth-order valence-electron chi connectivity index (χ4n) is 2.87. The number of H-pyrrole nitrogens is 1. The first-order chi connectivity index (χ1) is 16.5. The molecule has 1 aromatic rings. The molecule has 0 aliphatic rings. The highest BCUT2D eigenvalue weighted by Crippen LogP contribution is 2.05. The Balaban J connectivity index is 2.99. The molecule has 35 heavy (non-hydrogen) atoms. The van der Waals surface area contributed by atoms with E-state index in [-0.39, 0.29) is 31.8 Å². The number of nitrogens with one attached hydrogen (secondary N) is 4. The molecule has 5 atom stereocenters. The highest BCUT2D eigenvalue weighted by atomic mass is 16.4. The molecule has 0 aromatic carbocycles. The molecule has 1 rings (SSSR count). The fourth-order valence-corrected chi connectivity index (χ4v) is 2.87. The number of rotatable bonds is 15. The third-order valence-electron chi connectivity index (χ3n) is 4.77.